The summed E-state index contributed by atoms with van der Waals surface area (Å²) in [5.41, 5.74) is 4.53. The van der Waals surface area contributed by atoms with Crippen LogP contribution in [-0.4, -0.2) is 49.6 Å². The van der Waals surface area contributed by atoms with Gasteiger partial charge in [-0.3, -0.25) is 19.4 Å². The Labute approximate surface area is 228 Å². The number of hydrazine groups is 1. The monoisotopic (exact) mass is 579 g/mol. The topological polar surface area (TPSA) is 97.4 Å². The predicted molar refractivity (Wildman–Crippen MR) is 143 cm³/mol. The molecule has 0 radical (unpaired) electrons. The van der Waals surface area contributed by atoms with Gasteiger partial charge in [-0.25, -0.2) is 10.3 Å². The lowest BCUT2D eigenvalue weighted by Gasteiger charge is -2.26. The van der Waals surface area contributed by atoms with Gasteiger partial charge < -0.3 is 14.2 Å². The van der Waals surface area contributed by atoms with Crippen LogP contribution in [0.3, 0.4) is 0 Å². The number of anilines is 1. The van der Waals surface area contributed by atoms with Crippen LogP contribution < -0.4 is 24.5 Å². The molecule has 0 spiro atoms. The number of fused-ring (bicyclic) bond motifs is 1. The number of methoxy groups -OCH3 is 2. The lowest BCUT2D eigenvalue weighted by atomic mass is 9.90. The third kappa shape index (κ3) is 4.39. The Morgan fingerprint density at radius 1 is 0.947 bits per heavy atom. The highest BCUT2D eigenvalue weighted by molar-refractivity contribution is 9.10. The number of hydrogen-bond donors (Lipinski definition) is 1. The van der Waals surface area contributed by atoms with Crippen molar-refractivity contribution in [3.63, 3.8) is 0 Å². The zero-order chi connectivity index (χ0) is 27.0. The fourth-order valence-electron chi connectivity index (χ4n) is 4.99. The van der Waals surface area contributed by atoms with Crippen molar-refractivity contribution < 1.29 is 28.6 Å². The molecular formula is C28H26BrN3O6. The lowest BCUT2D eigenvalue weighted by Crippen LogP contribution is -2.48. The van der Waals surface area contributed by atoms with Gasteiger partial charge in [-0.2, -0.15) is 0 Å². The maximum absolute atomic E-state index is 13.9. The van der Waals surface area contributed by atoms with Crippen molar-refractivity contribution in [2.75, 3.05) is 25.7 Å². The van der Waals surface area contributed by atoms with Crippen LogP contribution >= 0.6 is 15.9 Å². The second kappa shape index (κ2) is 10.5. The minimum Gasteiger partial charge on any atom is -0.497 e. The molecule has 38 heavy (non-hydrogen) atoms. The summed E-state index contributed by atoms with van der Waals surface area (Å²) < 4.78 is 17.2. The molecule has 5 rings (SSSR count). The van der Waals surface area contributed by atoms with Gasteiger partial charge in [0.1, 0.15) is 23.3 Å². The Morgan fingerprint density at radius 2 is 1.68 bits per heavy atom. The van der Waals surface area contributed by atoms with Crippen molar-refractivity contribution in [2.24, 2.45) is 5.92 Å². The van der Waals surface area contributed by atoms with E-state index in [4.69, 9.17) is 14.2 Å². The Balaban J connectivity index is 1.59. The zero-order valence-corrected chi connectivity index (χ0v) is 22.6. The maximum atomic E-state index is 13.9. The summed E-state index contributed by atoms with van der Waals surface area (Å²) in [5.74, 6) is -0.565. The van der Waals surface area contributed by atoms with E-state index in [1.54, 1.807) is 66.7 Å². The van der Waals surface area contributed by atoms with Crippen molar-refractivity contribution in [1.82, 2.24) is 10.4 Å². The van der Waals surface area contributed by atoms with Crippen LogP contribution in [0.25, 0.3) is 0 Å². The highest BCUT2D eigenvalue weighted by atomic mass is 79.9. The molecule has 3 atom stereocenters. The second-order valence-corrected chi connectivity index (χ2v) is 9.73. The highest BCUT2D eigenvalue weighted by Gasteiger charge is 2.61. The fourth-order valence-corrected chi connectivity index (χ4v) is 5.39. The molecule has 3 aromatic rings. The van der Waals surface area contributed by atoms with Gasteiger partial charge in [0.25, 0.3) is 11.8 Å². The van der Waals surface area contributed by atoms with Crippen LogP contribution in [0.15, 0.2) is 71.2 Å². The first-order valence-corrected chi connectivity index (χ1v) is 12.8. The SMILES string of the molecule is CCOc1ccc(N2C(=O)[C@@H]3[C@H](c4cc(OC)ccc4OC)NN(C(=O)c4cccc(Br)c4)[C@H]3C2=O)cc1. The van der Waals surface area contributed by atoms with E-state index in [1.165, 1.54) is 19.2 Å². The first-order valence-electron chi connectivity index (χ1n) is 12.1. The van der Waals surface area contributed by atoms with Gasteiger partial charge in [0, 0.05) is 15.6 Å². The highest BCUT2D eigenvalue weighted by Crippen LogP contribution is 2.45. The Kier molecular flexibility index (Phi) is 7.09. The van der Waals surface area contributed by atoms with Gasteiger partial charge in [0.15, 0.2) is 0 Å². The van der Waals surface area contributed by atoms with Crippen LogP contribution in [-0.2, 0) is 9.59 Å². The van der Waals surface area contributed by atoms with E-state index < -0.39 is 35.7 Å². The van der Waals surface area contributed by atoms with Crippen LogP contribution in [0.1, 0.15) is 28.9 Å². The summed E-state index contributed by atoms with van der Waals surface area (Å²) in [6.45, 7) is 2.37. The molecule has 0 bridgehead atoms. The Hall–Kier alpha value is -3.89. The molecule has 2 heterocycles. The number of rotatable bonds is 7. The van der Waals surface area contributed by atoms with E-state index >= 15 is 0 Å². The molecule has 0 unspecified atom stereocenters. The average molecular weight is 580 g/mol. The molecule has 2 fully saturated rings. The fraction of sp³-hybridized carbons (Fsp3) is 0.250. The number of halogens is 1. The first kappa shape index (κ1) is 25.7. The predicted octanol–water partition coefficient (Wildman–Crippen LogP) is 4.12. The molecule has 2 aliphatic rings. The number of imide groups is 1. The van der Waals surface area contributed by atoms with Crippen molar-refractivity contribution >= 4 is 39.3 Å². The molecule has 196 valence electrons. The third-order valence-corrected chi connectivity index (χ3v) is 7.20. The quantitative estimate of drug-likeness (QED) is 0.420. The zero-order valence-electron chi connectivity index (χ0n) is 21.0. The van der Waals surface area contributed by atoms with E-state index in [1.807, 2.05) is 6.92 Å². The molecule has 0 aromatic heterocycles. The minimum atomic E-state index is -1.07. The Morgan fingerprint density at radius 3 is 2.34 bits per heavy atom. The summed E-state index contributed by atoms with van der Waals surface area (Å²) >= 11 is 3.40. The van der Waals surface area contributed by atoms with Crippen LogP contribution in [0.5, 0.6) is 17.2 Å². The summed E-state index contributed by atoms with van der Waals surface area (Å²) in [5, 5.41) is 1.27. The van der Waals surface area contributed by atoms with Crippen LogP contribution in [0.2, 0.25) is 0 Å². The maximum Gasteiger partial charge on any atom is 0.268 e. The van der Waals surface area contributed by atoms with Gasteiger partial charge in [-0.1, -0.05) is 22.0 Å². The number of benzene rings is 3. The van der Waals surface area contributed by atoms with E-state index in [9.17, 15) is 14.4 Å². The number of carbonyl (C=O) groups excluding carboxylic acids is 3. The lowest BCUT2D eigenvalue weighted by molar-refractivity contribution is -0.123. The van der Waals surface area contributed by atoms with E-state index in [0.29, 0.717) is 40.7 Å². The van der Waals surface area contributed by atoms with Gasteiger partial charge in [-0.05, 0) is 67.6 Å². The standard InChI is InChI=1S/C28H26BrN3O6/c1-4-38-19-10-8-18(9-11-19)31-27(34)23-24(21-15-20(36-2)12-13-22(21)37-3)30-32(25(23)28(31)35)26(33)16-6-5-7-17(29)14-16/h5-15,23-25,30H,4H2,1-3H3/t23-,24+,25-/m1/s1. The molecule has 2 aliphatic heterocycles. The Bertz CT molecular complexity index is 1400. The normalized spacial score (nSPS) is 20.5. The van der Waals surface area contributed by atoms with E-state index in [-0.39, 0.29) is 0 Å². The molecule has 3 aromatic carbocycles. The third-order valence-electron chi connectivity index (χ3n) is 6.70. The van der Waals surface area contributed by atoms with E-state index in [2.05, 4.69) is 21.4 Å². The molecule has 0 saturated carbocycles. The number of amides is 3. The van der Waals surface area contributed by atoms with Crippen molar-refractivity contribution in [3.05, 3.63) is 82.3 Å². The number of ether oxygens (including phenoxy) is 3. The summed E-state index contributed by atoms with van der Waals surface area (Å²) in [7, 11) is 3.06. The summed E-state index contributed by atoms with van der Waals surface area (Å²) in [6.07, 6.45) is 0. The molecule has 9 nitrogen and oxygen atoms in total. The first-order chi connectivity index (χ1) is 18.4. The summed E-state index contributed by atoms with van der Waals surface area (Å²) in [4.78, 5) is 42.6. The average Bonchev–Trinajstić information content (AvgIpc) is 3.45. The smallest absolute Gasteiger partial charge is 0.268 e. The van der Waals surface area contributed by atoms with Crippen molar-refractivity contribution in [1.29, 1.82) is 0 Å². The minimum absolute atomic E-state index is 0.364. The number of hydrogen-bond acceptors (Lipinski definition) is 7. The summed E-state index contributed by atoms with van der Waals surface area (Å²) in [6, 6.07) is 17.0. The molecular weight excluding hydrogens is 554 g/mol. The van der Waals surface area contributed by atoms with Crippen LogP contribution in [0, 0.1) is 5.92 Å². The van der Waals surface area contributed by atoms with Gasteiger partial charge >= 0.3 is 0 Å². The van der Waals surface area contributed by atoms with Crippen LogP contribution in [0.4, 0.5) is 5.69 Å². The van der Waals surface area contributed by atoms with Gasteiger partial charge in [-0.15, -0.1) is 0 Å². The van der Waals surface area contributed by atoms with E-state index in [0.717, 1.165) is 9.37 Å². The van der Waals surface area contributed by atoms with Crippen molar-refractivity contribution in [3.8, 4) is 17.2 Å². The van der Waals surface area contributed by atoms with Gasteiger partial charge in [0.05, 0.1) is 38.5 Å². The largest absolute Gasteiger partial charge is 0.497 e. The molecule has 0 aliphatic carbocycles. The number of carbonyl (C=O) groups is 3. The molecule has 10 heteroatoms. The molecule has 3 amide bonds. The number of nitrogens with one attached hydrogen (secondary N) is 1. The number of nitrogens with zero attached hydrogens (tertiary/aromatic N) is 2. The molecule has 2 saturated heterocycles. The second-order valence-electron chi connectivity index (χ2n) is 8.81. The molecule has 1 N–H and O–H groups in total. The van der Waals surface area contributed by atoms with Gasteiger partial charge in [0.2, 0.25) is 5.91 Å². The van der Waals surface area contributed by atoms with Crippen molar-refractivity contribution in [2.45, 2.75) is 19.0 Å².